The van der Waals surface area contributed by atoms with Gasteiger partial charge in [-0.2, -0.15) is 5.26 Å². The van der Waals surface area contributed by atoms with Gasteiger partial charge in [0.2, 0.25) is 0 Å². The van der Waals surface area contributed by atoms with Gasteiger partial charge in [-0.15, -0.1) is 11.3 Å². The number of imidazole rings is 1. The zero-order chi connectivity index (χ0) is 19.7. The molecule has 2 heterocycles. The number of rotatable bonds is 5. The first-order valence-corrected chi connectivity index (χ1v) is 9.80. The van der Waals surface area contributed by atoms with E-state index in [1.165, 1.54) is 35.2 Å². The number of nitro groups is 1. The van der Waals surface area contributed by atoms with Crippen LogP contribution in [0.4, 0.5) is 5.69 Å². The summed E-state index contributed by atoms with van der Waals surface area (Å²) in [5, 5.41) is 31.7. The topological polar surface area (TPSA) is 129 Å². The third-order valence-corrected chi connectivity index (χ3v) is 5.85. The molecule has 4 rings (SSSR count). The van der Waals surface area contributed by atoms with E-state index in [0.717, 1.165) is 10.2 Å². The van der Waals surface area contributed by atoms with Crippen molar-refractivity contribution >= 4 is 55.6 Å². The Hall–Kier alpha value is -3.42. The lowest BCUT2D eigenvalue weighted by Crippen LogP contribution is -1.93. The van der Waals surface area contributed by atoms with Gasteiger partial charge in [0.15, 0.2) is 5.16 Å². The fraction of sp³-hybridized carbons (Fsp3) is 0.0556. The number of aliphatic hydroxyl groups excluding tert-OH is 1. The molecule has 10 heteroatoms. The van der Waals surface area contributed by atoms with E-state index in [2.05, 4.69) is 15.0 Å². The lowest BCUT2D eigenvalue weighted by molar-refractivity contribution is -0.384. The Balaban J connectivity index is 1.58. The van der Waals surface area contributed by atoms with Crippen LogP contribution >= 0.6 is 23.1 Å². The molecule has 28 heavy (non-hydrogen) atoms. The quantitative estimate of drug-likeness (QED) is 0.161. The molecule has 0 saturated heterocycles. The van der Waals surface area contributed by atoms with E-state index < -0.39 is 4.92 Å². The highest BCUT2D eigenvalue weighted by atomic mass is 32.2. The summed E-state index contributed by atoms with van der Waals surface area (Å²) in [6, 6.07) is 13.9. The molecule has 0 spiro atoms. The molecule has 0 atom stereocenters. The number of H-pyrrole nitrogens is 1. The number of nitro benzene ring substituents is 1. The van der Waals surface area contributed by atoms with Crippen molar-refractivity contribution < 1.29 is 10.0 Å². The molecule has 2 aromatic heterocycles. The maximum atomic E-state index is 10.9. The zero-order valence-corrected chi connectivity index (χ0v) is 15.8. The third kappa shape index (κ3) is 3.40. The van der Waals surface area contributed by atoms with E-state index in [9.17, 15) is 20.5 Å². The maximum Gasteiger partial charge on any atom is 0.271 e. The van der Waals surface area contributed by atoms with E-state index in [-0.39, 0.29) is 22.8 Å². The molecule has 0 aliphatic heterocycles. The minimum absolute atomic E-state index is 0.0296. The van der Waals surface area contributed by atoms with Crippen molar-refractivity contribution in [1.82, 2.24) is 15.0 Å². The van der Waals surface area contributed by atoms with Crippen molar-refractivity contribution in [3.05, 3.63) is 63.3 Å². The van der Waals surface area contributed by atoms with Crippen LogP contribution in [0.1, 0.15) is 5.01 Å². The molecule has 2 aromatic carbocycles. The van der Waals surface area contributed by atoms with Crippen LogP contribution in [-0.4, -0.2) is 30.7 Å². The van der Waals surface area contributed by atoms with Crippen LogP contribution in [0, 0.1) is 21.4 Å². The average Bonchev–Trinajstić information content (AvgIpc) is 3.29. The number of nitrogens with zero attached hydrogens (tertiary/aromatic N) is 4. The Kier molecular flexibility index (Phi) is 4.68. The van der Waals surface area contributed by atoms with Gasteiger partial charge in [0.25, 0.3) is 5.69 Å². The van der Waals surface area contributed by atoms with Crippen molar-refractivity contribution in [2.24, 2.45) is 0 Å². The molecule has 2 N–H and O–H groups in total. The summed E-state index contributed by atoms with van der Waals surface area (Å²) < 4.78 is 0.935. The smallest absolute Gasteiger partial charge is 0.271 e. The number of fused-ring (bicyclic) bond motifs is 2. The molecule has 0 radical (unpaired) electrons. The van der Waals surface area contributed by atoms with Crippen molar-refractivity contribution in [2.45, 2.75) is 5.16 Å². The van der Waals surface area contributed by atoms with Crippen LogP contribution < -0.4 is 0 Å². The molecular formula is C18H11N5O3S2. The summed E-state index contributed by atoms with van der Waals surface area (Å²) in [5.74, 6) is 0.0128. The predicted octanol–water partition coefficient (Wildman–Crippen LogP) is 4.67. The highest BCUT2D eigenvalue weighted by Gasteiger charge is 2.15. The van der Waals surface area contributed by atoms with Gasteiger partial charge in [0.1, 0.15) is 22.4 Å². The van der Waals surface area contributed by atoms with Gasteiger partial charge in [-0.25, -0.2) is 9.97 Å². The number of aliphatic hydroxyl groups is 1. The predicted molar refractivity (Wildman–Crippen MR) is 108 cm³/mol. The summed E-state index contributed by atoms with van der Waals surface area (Å²) in [4.78, 5) is 22.1. The van der Waals surface area contributed by atoms with Crippen molar-refractivity contribution in [2.75, 3.05) is 5.75 Å². The third-order valence-electron chi connectivity index (χ3n) is 3.91. The standard InChI is InChI=1S/C18H11N5O3S2/c19-8-11(17-20-13-3-1-2-4-16(13)28-17)15(24)9-27-18-21-12-6-5-10(23(25)26)7-14(12)22-18/h1-7,24H,9H2,(H,21,22). The molecule has 0 unspecified atom stereocenters. The molecular weight excluding hydrogens is 398 g/mol. The normalized spacial score (nSPS) is 12.1. The Morgan fingerprint density at radius 2 is 2.11 bits per heavy atom. The Morgan fingerprint density at radius 1 is 1.29 bits per heavy atom. The van der Waals surface area contributed by atoms with Crippen molar-refractivity contribution in [3.8, 4) is 6.07 Å². The number of nitriles is 1. The van der Waals surface area contributed by atoms with Gasteiger partial charge in [-0.3, -0.25) is 10.1 Å². The van der Waals surface area contributed by atoms with E-state index in [4.69, 9.17) is 0 Å². The largest absolute Gasteiger partial charge is 0.510 e. The van der Waals surface area contributed by atoms with Crippen LogP contribution in [0.2, 0.25) is 0 Å². The molecule has 0 aliphatic rings. The number of thioether (sulfide) groups is 1. The lowest BCUT2D eigenvalue weighted by Gasteiger charge is -2.00. The summed E-state index contributed by atoms with van der Waals surface area (Å²) in [6.07, 6.45) is 0. The van der Waals surface area contributed by atoms with E-state index in [1.54, 1.807) is 6.07 Å². The summed E-state index contributed by atoms with van der Waals surface area (Å²) in [5.41, 5.74) is 1.99. The molecule has 0 saturated carbocycles. The van der Waals surface area contributed by atoms with Gasteiger partial charge in [-0.1, -0.05) is 23.9 Å². The number of nitrogens with one attached hydrogen (secondary N) is 1. The van der Waals surface area contributed by atoms with Gasteiger partial charge in [-0.05, 0) is 18.2 Å². The average molecular weight is 409 g/mol. The fourth-order valence-electron chi connectivity index (χ4n) is 2.58. The van der Waals surface area contributed by atoms with E-state index in [0.29, 0.717) is 21.2 Å². The van der Waals surface area contributed by atoms with Crippen LogP contribution in [0.5, 0.6) is 0 Å². The van der Waals surface area contributed by atoms with Gasteiger partial charge < -0.3 is 10.1 Å². The van der Waals surface area contributed by atoms with E-state index in [1.807, 2.05) is 30.3 Å². The van der Waals surface area contributed by atoms with Crippen molar-refractivity contribution in [3.63, 3.8) is 0 Å². The maximum absolute atomic E-state index is 10.9. The van der Waals surface area contributed by atoms with Crippen LogP contribution in [0.15, 0.2) is 53.4 Å². The van der Waals surface area contributed by atoms with E-state index >= 15 is 0 Å². The number of benzene rings is 2. The molecule has 4 aromatic rings. The second-order valence-corrected chi connectivity index (χ2v) is 7.70. The van der Waals surface area contributed by atoms with Crippen LogP contribution in [0.3, 0.4) is 0 Å². The summed E-state index contributed by atoms with van der Waals surface area (Å²) in [7, 11) is 0. The number of thiazole rings is 1. The second kappa shape index (κ2) is 7.30. The number of allylic oxidation sites excluding steroid dienone is 1. The summed E-state index contributed by atoms with van der Waals surface area (Å²) in [6.45, 7) is 0. The fourth-order valence-corrected chi connectivity index (χ4v) is 4.33. The highest BCUT2D eigenvalue weighted by molar-refractivity contribution is 7.99. The molecule has 0 amide bonds. The Labute approximate surface area is 166 Å². The number of aromatic amines is 1. The second-order valence-electron chi connectivity index (χ2n) is 5.71. The Bertz CT molecular complexity index is 1250. The first kappa shape index (κ1) is 18.0. The number of hydrogen-bond acceptors (Lipinski definition) is 8. The first-order valence-electron chi connectivity index (χ1n) is 8.00. The molecule has 0 bridgehead atoms. The van der Waals surface area contributed by atoms with Gasteiger partial charge >= 0.3 is 0 Å². The van der Waals surface area contributed by atoms with Crippen molar-refractivity contribution in [1.29, 1.82) is 5.26 Å². The first-order chi connectivity index (χ1) is 13.5. The molecule has 0 fully saturated rings. The zero-order valence-electron chi connectivity index (χ0n) is 14.1. The Morgan fingerprint density at radius 3 is 2.86 bits per heavy atom. The van der Waals surface area contributed by atoms with Crippen LogP contribution in [-0.2, 0) is 0 Å². The SMILES string of the molecule is N#CC(=C(O)CSc1nc2ccc([N+](=O)[O-])cc2[nH]1)c1nc2ccccc2s1. The molecule has 8 nitrogen and oxygen atoms in total. The van der Waals surface area contributed by atoms with Gasteiger partial charge in [0, 0.05) is 12.1 Å². The number of aromatic nitrogens is 3. The van der Waals surface area contributed by atoms with Gasteiger partial charge in [0.05, 0.1) is 31.9 Å². The number of para-hydroxylation sites is 1. The lowest BCUT2D eigenvalue weighted by atomic mass is 10.2. The molecule has 138 valence electrons. The minimum Gasteiger partial charge on any atom is -0.510 e. The minimum atomic E-state index is -0.473. The summed E-state index contributed by atoms with van der Waals surface area (Å²) >= 11 is 2.54. The van der Waals surface area contributed by atoms with Crippen LogP contribution in [0.25, 0.3) is 26.8 Å². The molecule has 0 aliphatic carbocycles. The number of non-ortho nitro benzene ring substituents is 1. The highest BCUT2D eigenvalue weighted by Crippen LogP contribution is 2.30. The monoisotopic (exact) mass is 409 g/mol. The number of hydrogen-bond donors (Lipinski definition) is 2.